The molecule has 4 heteroatoms. The quantitative estimate of drug-likeness (QED) is 0.800. The molecule has 1 amide bonds. The molecule has 0 aliphatic rings. The van der Waals surface area contributed by atoms with Crippen molar-refractivity contribution in [3.63, 3.8) is 0 Å². The van der Waals surface area contributed by atoms with Crippen molar-refractivity contribution in [2.24, 2.45) is 5.73 Å². The Morgan fingerprint density at radius 2 is 2.27 bits per heavy atom. The molecule has 1 aromatic rings. The van der Waals surface area contributed by atoms with E-state index in [4.69, 9.17) is 15.7 Å². The second-order valence-electron chi connectivity index (χ2n) is 3.03. The molecule has 0 aliphatic heterocycles. The van der Waals surface area contributed by atoms with Crippen molar-refractivity contribution in [1.29, 1.82) is 5.26 Å². The van der Waals surface area contributed by atoms with Gasteiger partial charge >= 0.3 is 0 Å². The number of nitrogens with two attached hydrogens (primary N) is 1. The van der Waals surface area contributed by atoms with E-state index in [-0.39, 0.29) is 0 Å². The van der Waals surface area contributed by atoms with Crippen molar-refractivity contribution in [1.82, 2.24) is 0 Å². The summed E-state index contributed by atoms with van der Waals surface area (Å²) in [6.07, 6.45) is -0.200. The lowest BCUT2D eigenvalue weighted by Crippen LogP contribution is -2.33. The third-order valence-corrected chi connectivity index (χ3v) is 1.96. The summed E-state index contributed by atoms with van der Waals surface area (Å²) in [4.78, 5) is 10.9. The maximum Gasteiger partial charge on any atom is 0.258 e. The van der Waals surface area contributed by atoms with E-state index in [9.17, 15) is 4.79 Å². The number of nitriles is 1. The lowest BCUT2D eigenvalue weighted by Gasteiger charge is -2.14. The largest absolute Gasteiger partial charge is 0.479 e. The zero-order valence-electron chi connectivity index (χ0n) is 8.43. The van der Waals surface area contributed by atoms with E-state index in [1.165, 1.54) is 0 Å². The molecule has 0 radical (unpaired) electrons. The van der Waals surface area contributed by atoms with Crippen LogP contribution in [0.5, 0.6) is 5.75 Å². The van der Waals surface area contributed by atoms with Gasteiger partial charge in [-0.3, -0.25) is 4.79 Å². The van der Waals surface area contributed by atoms with Crippen LogP contribution in [-0.2, 0) is 4.79 Å². The third kappa shape index (κ3) is 2.71. The Hall–Kier alpha value is -2.02. The molecule has 15 heavy (non-hydrogen) atoms. The van der Waals surface area contributed by atoms with Gasteiger partial charge in [-0.15, -0.1) is 0 Å². The average molecular weight is 204 g/mol. The lowest BCUT2D eigenvalue weighted by molar-refractivity contribution is -0.124. The average Bonchev–Trinajstić information content (AvgIpc) is 2.25. The Balaban J connectivity index is 2.89. The molecule has 0 aliphatic carbocycles. The maximum atomic E-state index is 10.9. The Kier molecular flexibility index (Phi) is 3.69. The molecule has 1 rings (SSSR count). The Labute approximate surface area is 88.3 Å². The molecule has 0 saturated heterocycles. The minimum Gasteiger partial charge on any atom is -0.479 e. The Bertz CT molecular complexity index is 396. The molecule has 0 saturated carbocycles. The van der Waals surface area contributed by atoms with Gasteiger partial charge in [-0.05, 0) is 18.6 Å². The predicted molar refractivity (Wildman–Crippen MR) is 55.1 cm³/mol. The number of primary amides is 1. The van der Waals surface area contributed by atoms with Crippen LogP contribution in [0.25, 0.3) is 0 Å². The summed E-state index contributed by atoms with van der Waals surface area (Å²) in [7, 11) is 0. The van der Waals surface area contributed by atoms with Gasteiger partial charge in [-0.1, -0.05) is 19.1 Å². The summed E-state index contributed by atoms with van der Waals surface area (Å²) < 4.78 is 5.35. The normalized spacial score (nSPS) is 11.5. The van der Waals surface area contributed by atoms with E-state index in [0.29, 0.717) is 17.7 Å². The molecule has 0 spiro atoms. The Morgan fingerprint density at radius 1 is 1.60 bits per heavy atom. The summed E-state index contributed by atoms with van der Waals surface area (Å²) in [5.74, 6) is -0.129. The molecule has 1 aromatic carbocycles. The van der Waals surface area contributed by atoms with Crippen molar-refractivity contribution in [3.05, 3.63) is 29.8 Å². The first-order valence-corrected chi connectivity index (χ1v) is 4.64. The number of para-hydroxylation sites is 1. The number of benzene rings is 1. The highest BCUT2D eigenvalue weighted by Crippen LogP contribution is 2.18. The van der Waals surface area contributed by atoms with Crippen LogP contribution in [0.2, 0.25) is 0 Å². The minimum absolute atomic E-state index is 0.394. The van der Waals surface area contributed by atoms with E-state index < -0.39 is 12.0 Å². The molecule has 0 aromatic heterocycles. The molecule has 0 heterocycles. The fraction of sp³-hybridized carbons (Fsp3) is 0.273. The molecule has 0 bridgehead atoms. The number of amides is 1. The summed E-state index contributed by atoms with van der Waals surface area (Å²) in [5, 5.41) is 8.80. The van der Waals surface area contributed by atoms with Gasteiger partial charge in [0.25, 0.3) is 5.91 Å². The number of hydrogen-bond donors (Lipinski definition) is 1. The smallest absolute Gasteiger partial charge is 0.258 e. The summed E-state index contributed by atoms with van der Waals surface area (Å²) >= 11 is 0. The number of rotatable bonds is 4. The molecular weight excluding hydrogens is 192 g/mol. The van der Waals surface area contributed by atoms with Gasteiger partial charge in [0.05, 0.1) is 5.56 Å². The first-order chi connectivity index (χ1) is 7.19. The molecular formula is C11H12N2O2. The van der Waals surface area contributed by atoms with E-state index in [1.54, 1.807) is 31.2 Å². The van der Waals surface area contributed by atoms with Crippen LogP contribution in [0.3, 0.4) is 0 Å². The monoisotopic (exact) mass is 204 g/mol. The van der Waals surface area contributed by atoms with Crippen molar-refractivity contribution in [3.8, 4) is 11.8 Å². The second kappa shape index (κ2) is 5.01. The first kappa shape index (κ1) is 11.1. The van der Waals surface area contributed by atoms with Crippen LogP contribution in [0.15, 0.2) is 24.3 Å². The van der Waals surface area contributed by atoms with Gasteiger partial charge in [0.2, 0.25) is 0 Å². The Morgan fingerprint density at radius 3 is 2.80 bits per heavy atom. The van der Waals surface area contributed by atoms with Crippen molar-refractivity contribution in [2.75, 3.05) is 0 Å². The topological polar surface area (TPSA) is 76.1 Å². The summed E-state index contributed by atoms with van der Waals surface area (Å²) in [6.45, 7) is 1.80. The molecule has 78 valence electrons. The summed E-state index contributed by atoms with van der Waals surface area (Å²) in [5.41, 5.74) is 5.54. The van der Waals surface area contributed by atoms with Gasteiger partial charge < -0.3 is 10.5 Å². The number of hydrogen-bond acceptors (Lipinski definition) is 3. The molecule has 4 nitrogen and oxygen atoms in total. The number of nitrogens with zero attached hydrogens (tertiary/aromatic N) is 1. The van der Waals surface area contributed by atoms with Gasteiger partial charge in [-0.2, -0.15) is 5.26 Å². The fourth-order valence-electron chi connectivity index (χ4n) is 1.16. The van der Waals surface area contributed by atoms with Gasteiger partial charge in [-0.25, -0.2) is 0 Å². The standard InChI is InChI=1S/C11H12N2O2/c1-2-9(11(13)14)15-10-6-4-3-5-8(10)7-12/h3-6,9H,2H2,1H3,(H2,13,14). The van der Waals surface area contributed by atoms with Gasteiger partial charge in [0, 0.05) is 0 Å². The second-order valence-corrected chi connectivity index (χ2v) is 3.03. The zero-order chi connectivity index (χ0) is 11.3. The zero-order valence-corrected chi connectivity index (χ0v) is 8.43. The van der Waals surface area contributed by atoms with E-state index >= 15 is 0 Å². The number of carbonyl (C=O) groups excluding carboxylic acids is 1. The molecule has 1 atom stereocenters. The van der Waals surface area contributed by atoms with Crippen LogP contribution in [-0.4, -0.2) is 12.0 Å². The van der Waals surface area contributed by atoms with E-state index in [2.05, 4.69) is 0 Å². The van der Waals surface area contributed by atoms with Crippen molar-refractivity contribution >= 4 is 5.91 Å². The first-order valence-electron chi connectivity index (χ1n) is 4.64. The predicted octanol–water partition coefficient (Wildman–Crippen LogP) is 1.20. The summed E-state index contributed by atoms with van der Waals surface area (Å²) in [6, 6.07) is 8.73. The van der Waals surface area contributed by atoms with Crippen molar-refractivity contribution in [2.45, 2.75) is 19.4 Å². The number of ether oxygens (including phenoxy) is 1. The molecule has 1 unspecified atom stereocenters. The van der Waals surface area contributed by atoms with E-state index in [1.807, 2.05) is 6.07 Å². The maximum absolute atomic E-state index is 10.9. The van der Waals surface area contributed by atoms with Crippen LogP contribution in [0.4, 0.5) is 0 Å². The lowest BCUT2D eigenvalue weighted by atomic mass is 10.2. The number of carbonyl (C=O) groups is 1. The highest BCUT2D eigenvalue weighted by atomic mass is 16.5. The molecule has 2 N–H and O–H groups in total. The van der Waals surface area contributed by atoms with Crippen LogP contribution < -0.4 is 10.5 Å². The van der Waals surface area contributed by atoms with Crippen LogP contribution in [0, 0.1) is 11.3 Å². The van der Waals surface area contributed by atoms with Crippen molar-refractivity contribution < 1.29 is 9.53 Å². The highest BCUT2D eigenvalue weighted by molar-refractivity contribution is 5.79. The van der Waals surface area contributed by atoms with Crippen LogP contribution in [0.1, 0.15) is 18.9 Å². The van der Waals surface area contributed by atoms with Crippen LogP contribution >= 0.6 is 0 Å². The van der Waals surface area contributed by atoms with Gasteiger partial charge in [0.1, 0.15) is 11.8 Å². The fourth-order valence-corrected chi connectivity index (χ4v) is 1.16. The molecule has 0 fully saturated rings. The van der Waals surface area contributed by atoms with E-state index in [0.717, 1.165) is 0 Å². The van der Waals surface area contributed by atoms with Gasteiger partial charge in [0.15, 0.2) is 6.10 Å². The minimum atomic E-state index is -0.681. The highest BCUT2D eigenvalue weighted by Gasteiger charge is 2.15. The third-order valence-electron chi connectivity index (χ3n) is 1.96. The SMILES string of the molecule is CCC(Oc1ccccc1C#N)C(N)=O.